The summed E-state index contributed by atoms with van der Waals surface area (Å²) in [7, 11) is 0. The predicted molar refractivity (Wildman–Crippen MR) is 64.1 cm³/mol. The molecule has 82 valence electrons. The number of rotatable bonds is 1. The van der Waals surface area contributed by atoms with Crippen molar-refractivity contribution in [1.29, 1.82) is 0 Å². The second-order valence-electron chi connectivity index (χ2n) is 4.59. The summed E-state index contributed by atoms with van der Waals surface area (Å²) >= 11 is 0. The van der Waals surface area contributed by atoms with Crippen LogP contribution < -0.4 is 5.32 Å². The fourth-order valence-corrected chi connectivity index (χ4v) is 2.28. The van der Waals surface area contributed by atoms with Gasteiger partial charge in [0.2, 0.25) is 0 Å². The van der Waals surface area contributed by atoms with Crippen LogP contribution in [0.15, 0.2) is 30.5 Å². The van der Waals surface area contributed by atoms with Crippen molar-refractivity contribution in [3.05, 3.63) is 36.2 Å². The van der Waals surface area contributed by atoms with Crippen molar-refractivity contribution in [2.75, 3.05) is 6.54 Å². The number of hydrogen-bond donors (Lipinski definition) is 1. The lowest BCUT2D eigenvalue weighted by atomic mass is 10.1. The van der Waals surface area contributed by atoms with Gasteiger partial charge < -0.3 is 5.32 Å². The Morgan fingerprint density at radius 2 is 2.06 bits per heavy atom. The lowest BCUT2D eigenvalue weighted by molar-refractivity contribution is 0.599. The average Bonchev–Trinajstić information content (AvgIpc) is 2.75. The van der Waals surface area contributed by atoms with Gasteiger partial charge in [0.25, 0.3) is 0 Å². The zero-order valence-corrected chi connectivity index (χ0v) is 9.35. The molecule has 3 heteroatoms. The summed E-state index contributed by atoms with van der Waals surface area (Å²) in [5.74, 6) is 0.735. The number of aromatic nitrogens is 2. The highest BCUT2D eigenvalue weighted by atomic mass is 15.0. The van der Waals surface area contributed by atoms with Gasteiger partial charge in [-0.25, -0.2) is 4.98 Å². The van der Waals surface area contributed by atoms with E-state index in [4.69, 9.17) is 0 Å². The minimum Gasteiger partial charge on any atom is -0.308 e. The van der Waals surface area contributed by atoms with E-state index in [1.165, 1.54) is 0 Å². The van der Waals surface area contributed by atoms with Crippen LogP contribution in [0.5, 0.6) is 0 Å². The van der Waals surface area contributed by atoms with Gasteiger partial charge in [-0.15, -0.1) is 0 Å². The molecule has 3 rings (SSSR count). The third-order valence-corrected chi connectivity index (χ3v) is 3.17. The van der Waals surface area contributed by atoms with Crippen molar-refractivity contribution in [2.24, 2.45) is 5.92 Å². The molecule has 0 aliphatic carbocycles. The first-order chi connectivity index (χ1) is 7.83. The van der Waals surface area contributed by atoms with Crippen molar-refractivity contribution >= 4 is 11.0 Å². The quantitative estimate of drug-likeness (QED) is 0.789. The van der Waals surface area contributed by atoms with E-state index in [0.29, 0.717) is 6.04 Å². The predicted octanol–water partition coefficient (Wildman–Crippen LogP) is 2.30. The molecular weight excluding hydrogens is 198 g/mol. The second-order valence-corrected chi connectivity index (χ2v) is 4.59. The Hall–Kier alpha value is -1.48. The number of nitrogens with zero attached hydrogens (tertiary/aromatic N) is 2. The third-order valence-electron chi connectivity index (χ3n) is 3.17. The van der Waals surface area contributed by atoms with Crippen LogP contribution in [0.4, 0.5) is 0 Å². The van der Waals surface area contributed by atoms with E-state index >= 15 is 0 Å². The van der Waals surface area contributed by atoms with Crippen molar-refractivity contribution in [3.63, 3.8) is 0 Å². The molecule has 1 aliphatic heterocycles. The van der Waals surface area contributed by atoms with Crippen molar-refractivity contribution in [3.8, 4) is 0 Å². The molecular formula is C13H15N3. The van der Waals surface area contributed by atoms with Crippen LogP contribution in [0, 0.1) is 5.92 Å². The van der Waals surface area contributed by atoms with E-state index in [-0.39, 0.29) is 0 Å². The summed E-state index contributed by atoms with van der Waals surface area (Å²) in [4.78, 5) is 9.11. The molecule has 0 unspecified atom stereocenters. The molecule has 2 heterocycles. The lowest BCUT2D eigenvalue weighted by Gasteiger charge is -2.09. The first-order valence-electron chi connectivity index (χ1n) is 5.78. The Balaban J connectivity index is 1.99. The molecule has 1 saturated heterocycles. The third kappa shape index (κ3) is 1.67. The molecule has 0 radical (unpaired) electrons. The van der Waals surface area contributed by atoms with E-state index in [9.17, 15) is 0 Å². The van der Waals surface area contributed by atoms with E-state index in [1.54, 1.807) is 0 Å². The summed E-state index contributed by atoms with van der Waals surface area (Å²) in [5, 5.41) is 3.48. The molecule has 0 amide bonds. The molecule has 3 nitrogen and oxygen atoms in total. The molecule has 0 spiro atoms. The van der Waals surface area contributed by atoms with Gasteiger partial charge in [0.15, 0.2) is 0 Å². The fraction of sp³-hybridized carbons (Fsp3) is 0.385. The maximum atomic E-state index is 4.67. The monoisotopic (exact) mass is 213 g/mol. The minimum absolute atomic E-state index is 0.382. The number of fused-ring (bicyclic) bond motifs is 1. The van der Waals surface area contributed by atoms with Crippen LogP contribution >= 0.6 is 0 Å². The number of para-hydroxylation sites is 2. The summed E-state index contributed by atoms with van der Waals surface area (Å²) in [5.41, 5.74) is 3.03. The summed E-state index contributed by atoms with van der Waals surface area (Å²) in [6.07, 6.45) is 3.06. The summed E-state index contributed by atoms with van der Waals surface area (Å²) in [6, 6.07) is 8.39. The molecule has 1 fully saturated rings. The van der Waals surface area contributed by atoms with Gasteiger partial charge in [-0.05, 0) is 31.0 Å². The zero-order chi connectivity index (χ0) is 11.0. The Labute approximate surface area is 94.9 Å². The van der Waals surface area contributed by atoms with Crippen molar-refractivity contribution in [2.45, 2.75) is 19.4 Å². The Kier molecular flexibility index (Phi) is 2.33. The molecule has 1 N–H and O–H groups in total. The smallest absolute Gasteiger partial charge is 0.0890 e. The van der Waals surface area contributed by atoms with Crippen LogP contribution in [0.25, 0.3) is 11.0 Å². The standard InChI is InChI=1S/C13H15N3/c1-9-6-12(14-7-9)13-8-15-10-4-2-3-5-11(10)16-13/h2-5,8-9,12,14H,6-7H2,1H3/t9-,12+/m0/s1. The lowest BCUT2D eigenvalue weighted by Crippen LogP contribution is -2.14. The van der Waals surface area contributed by atoms with Gasteiger partial charge >= 0.3 is 0 Å². The molecule has 16 heavy (non-hydrogen) atoms. The highest BCUT2D eigenvalue weighted by Gasteiger charge is 2.23. The number of benzene rings is 1. The maximum absolute atomic E-state index is 4.67. The Morgan fingerprint density at radius 1 is 1.25 bits per heavy atom. The van der Waals surface area contributed by atoms with Crippen molar-refractivity contribution < 1.29 is 0 Å². The maximum Gasteiger partial charge on any atom is 0.0890 e. The van der Waals surface area contributed by atoms with Crippen LogP contribution in [0.1, 0.15) is 25.1 Å². The molecule has 0 saturated carbocycles. The van der Waals surface area contributed by atoms with E-state index in [0.717, 1.165) is 35.6 Å². The van der Waals surface area contributed by atoms with Gasteiger partial charge in [-0.1, -0.05) is 19.1 Å². The highest BCUT2D eigenvalue weighted by molar-refractivity contribution is 5.73. The molecule has 0 bridgehead atoms. The molecule has 1 aliphatic rings. The largest absolute Gasteiger partial charge is 0.308 e. The first kappa shape index (κ1) is 9.73. The van der Waals surface area contributed by atoms with Gasteiger partial charge in [-0.2, -0.15) is 0 Å². The Bertz CT molecular complexity index is 509. The molecule has 1 aromatic carbocycles. The van der Waals surface area contributed by atoms with Crippen LogP contribution in [0.3, 0.4) is 0 Å². The van der Waals surface area contributed by atoms with Crippen LogP contribution in [-0.4, -0.2) is 16.5 Å². The van der Waals surface area contributed by atoms with Crippen LogP contribution in [0.2, 0.25) is 0 Å². The van der Waals surface area contributed by atoms with E-state index < -0.39 is 0 Å². The number of nitrogens with one attached hydrogen (secondary N) is 1. The SMILES string of the molecule is C[C@@H]1CN[C@@H](c2cnc3ccccc3n2)C1. The average molecular weight is 213 g/mol. The topological polar surface area (TPSA) is 37.8 Å². The zero-order valence-electron chi connectivity index (χ0n) is 9.35. The highest BCUT2D eigenvalue weighted by Crippen LogP contribution is 2.25. The van der Waals surface area contributed by atoms with Gasteiger partial charge in [0.05, 0.1) is 29.0 Å². The molecule has 2 atom stereocenters. The fourth-order valence-electron chi connectivity index (χ4n) is 2.28. The first-order valence-corrected chi connectivity index (χ1v) is 5.78. The van der Waals surface area contributed by atoms with Gasteiger partial charge in [-0.3, -0.25) is 4.98 Å². The summed E-state index contributed by atoms with van der Waals surface area (Å²) < 4.78 is 0. The van der Waals surface area contributed by atoms with Gasteiger partial charge in [0, 0.05) is 0 Å². The molecule has 2 aromatic rings. The van der Waals surface area contributed by atoms with E-state index in [2.05, 4.69) is 22.2 Å². The summed E-state index contributed by atoms with van der Waals surface area (Å²) in [6.45, 7) is 3.35. The van der Waals surface area contributed by atoms with Gasteiger partial charge in [0.1, 0.15) is 0 Å². The van der Waals surface area contributed by atoms with E-state index in [1.807, 2.05) is 30.5 Å². The number of hydrogen-bond acceptors (Lipinski definition) is 3. The minimum atomic E-state index is 0.382. The second kappa shape index (κ2) is 3.83. The Morgan fingerprint density at radius 3 is 2.81 bits per heavy atom. The normalized spacial score (nSPS) is 25.1. The molecule has 1 aromatic heterocycles. The van der Waals surface area contributed by atoms with Crippen LogP contribution in [-0.2, 0) is 0 Å². The van der Waals surface area contributed by atoms with Crippen molar-refractivity contribution in [1.82, 2.24) is 15.3 Å².